The number of hydrogen-bond acceptors (Lipinski definition) is 3. The molecule has 0 fully saturated rings. The molecule has 3 aromatic rings. The molecule has 0 atom stereocenters. The van der Waals surface area contributed by atoms with E-state index in [4.69, 9.17) is 0 Å². The Kier molecular flexibility index (Phi) is 2.27. The van der Waals surface area contributed by atoms with Crippen LogP contribution in [0, 0.1) is 0 Å². The van der Waals surface area contributed by atoms with Gasteiger partial charge in [0.2, 0.25) is 0 Å². The molecule has 0 aromatic carbocycles. The number of alkyl halides is 3. The summed E-state index contributed by atoms with van der Waals surface area (Å²) >= 11 is 2.04. The van der Waals surface area contributed by atoms with E-state index in [0.29, 0.717) is 22.5 Å². The third-order valence-corrected chi connectivity index (χ3v) is 4.20. The SMILES string of the molecule is FC(F)(F)c1sccc1-c1c[nH]c2ncsc12. The second kappa shape index (κ2) is 3.58. The molecule has 0 spiro atoms. The quantitative estimate of drug-likeness (QED) is 0.701. The van der Waals surface area contributed by atoms with Crippen LogP contribution in [0.15, 0.2) is 23.2 Å². The monoisotopic (exact) mass is 274 g/mol. The van der Waals surface area contributed by atoms with Gasteiger partial charge in [0.15, 0.2) is 0 Å². The Bertz CT molecular complexity index is 662. The number of H-pyrrole nitrogens is 1. The Hall–Kier alpha value is -1.34. The van der Waals surface area contributed by atoms with Gasteiger partial charge in [-0.3, -0.25) is 0 Å². The van der Waals surface area contributed by atoms with Gasteiger partial charge in [-0.05, 0) is 11.4 Å². The Morgan fingerprint density at radius 3 is 2.76 bits per heavy atom. The zero-order chi connectivity index (χ0) is 12.0. The van der Waals surface area contributed by atoms with Gasteiger partial charge in [-0.25, -0.2) is 4.98 Å². The summed E-state index contributed by atoms with van der Waals surface area (Å²) in [5, 5.41) is 1.46. The van der Waals surface area contributed by atoms with Gasteiger partial charge in [-0.1, -0.05) is 0 Å². The first-order chi connectivity index (χ1) is 8.07. The minimum absolute atomic E-state index is 0.220. The molecule has 0 bridgehead atoms. The van der Waals surface area contributed by atoms with Crippen LogP contribution in [0.5, 0.6) is 0 Å². The number of rotatable bonds is 1. The molecule has 0 saturated heterocycles. The summed E-state index contributed by atoms with van der Waals surface area (Å²) in [6, 6.07) is 1.50. The van der Waals surface area contributed by atoms with Gasteiger partial charge < -0.3 is 4.98 Å². The standard InChI is InChI=1S/C10H5F3N2S2/c11-10(12,13)8-5(1-2-16-8)6-3-14-9-7(6)17-4-15-9/h1-4,14H. The Morgan fingerprint density at radius 2 is 2.00 bits per heavy atom. The molecule has 1 N–H and O–H groups in total. The molecule has 0 aliphatic heterocycles. The molecule has 0 radical (unpaired) electrons. The maximum atomic E-state index is 12.8. The lowest BCUT2D eigenvalue weighted by Gasteiger charge is -2.06. The molecule has 17 heavy (non-hydrogen) atoms. The molecule has 3 heterocycles. The molecular weight excluding hydrogens is 269 g/mol. The topological polar surface area (TPSA) is 28.7 Å². The summed E-state index contributed by atoms with van der Waals surface area (Å²) in [6.07, 6.45) is -2.73. The molecule has 3 aromatic heterocycles. The van der Waals surface area contributed by atoms with Crippen molar-refractivity contribution >= 4 is 33.0 Å². The Balaban J connectivity index is 2.24. The molecule has 88 valence electrons. The first kappa shape index (κ1) is 10.8. The van der Waals surface area contributed by atoms with Gasteiger partial charge in [0, 0.05) is 17.3 Å². The summed E-state index contributed by atoms with van der Waals surface area (Å²) in [4.78, 5) is 6.33. The van der Waals surface area contributed by atoms with Gasteiger partial charge in [0.05, 0.1) is 10.2 Å². The van der Waals surface area contributed by atoms with Crippen LogP contribution in [-0.4, -0.2) is 9.97 Å². The highest BCUT2D eigenvalue weighted by molar-refractivity contribution is 7.17. The van der Waals surface area contributed by atoms with Crippen molar-refractivity contribution in [3.63, 3.8) is 0 Å². The van der Waals surface area contributed by atoms with Crippen molar-refractivity contribution in [1.82, 2.24) is 9.97 Å². The minimum atomic E-state index is -4.31. The fourth-order valence-electron chi connectivity index (χ4n) is 1.69. The van der Waals surface area contributed by atoms with Crippen LogP contribution >= 0.6 is 22.7 Å². The van der Waals surface area contributed by atoms with Crippen molar-refractivity contribution in [3.05, 3.63) is 28.0 Å². The van der Waals surface area contributed by atoms with E-state index in [1.807, 2.05) is 0 Å². The summed E-state index contributed by atoms with van der Waals surface area (Å²) in [7, 11) is 0. The number of nitrogens with zero attached hydrogens (tertiary/aromatic N) is 1. The van der Waals surface area contributed by atoms with Crippen molar-refractivity contribution in [1.29, 1.82) is 0 Å². The van der Waals surface area contributed by atoms with Gasteiger partial charge in [-0.15, -0.1) is 22.7 Å². The lowest BCUT2D eigenvalue weighted by Crippen LogP contribution is -2.03. The summed E-state index contributed by atoms with van der Waals surface area (Å²) in [6.45, 7) is 0. The Labute approximate surface area is 102 Å². The maximum Gasteiger partial charge on any atom is 0.426 e. The van der Waals surface area contributed by atoms with E-state index in [2.05, 4.69) is 9.97 Å². The van der Waals surface area contributed by atoms with E-state index >= 15 is 0 Å². The van der Waals surface area contributed by atoms with Crippen molar-refractivity contribution in [2.24, 2.45) is 0 Å². The Morgan fingerprint density at radius 1 is 1.18 bits per heavy atom. The average molecular weight is 274 g/mol. The fraction of sp³-hybridized carbons (Fsp3) is 0.100. The molecule has 0 unspecified atom stereocenters. The van der Waals surface area contributed by atoms with Crippen LogP contribution in [0.25, 0.3) is 21.5 Å². The highest BCUT2D eigenvalue weighted by Crippen LogP contribution is 2.43. The number of halogens is 3. The van der Waals surface area contributed by atoms with Crippen LogP contribution in [0.3, 0.4) is 0 Å². The van der Waals surface area contributed by atoms with Gasteiger partial charge in [-0.2, -0.15) is 13.2 Å². The van der Waals surface area contributed by atoms with Crippen molar-refractivity contribution in [2.75, 3.05) is 0 Å². The molecule has 2 nitrogen and oxygen atoms in total. The third kappa shape index (κ3) is 1.66. The minimum Gasteiger partial charge on any atom is -0.345 e. The van der Waals surface area contributed by atoms with E-state index in [9.17, 15) is 13.2 Å². The molecule has 3 rings (SSSR count). The largest absolute Gasteiger partial charge is 0.426 e. The van der Waals surface area contributed by atoms with E-state index in [0.717, 1.165) is 4.70 Å². The molecule has 0 aliphatic carbocycles. The third-order valence-electron chi connectivity index (χ3n) is 2.38. The zero-order valence-corrected chi connectivity index (χ0v) is 9.84. The number of aromatic nitrogens is 2. The normalized spacial score (nSPS) is 12.4. The zero-order valence-electron chi connectivity index (χ0n) is 8.21. The predicted octanol–water partition coefficient (Wildman–Crippen LogP) is 4.37. The first-order valence-corrected chi connectivity index (χ1v) is 6.39. The number of hydrogen-bond donors (Lipinski definition) is 1. The summed E-state index contributed by atoms with van der Waals surface area (Å²) in [5.74, 6) is 0. The first-order valence-electron chi connectivity index (χ1n) is 4.63. The molecule has 0 amide bonds. The lowest BCUT2D eigenvalue weighted by molar-refractivity contribution is -0.133. The number of fused-ring (bicyclic) bond motifs is 1. The van der Waals surface area contributed by atoms with E-state index in [1.165, 1.54) is 22.8 Å². The van der Waals surface area contributed by atoms with Crippen molar-refractivity contribution < 1.29 is 13.2 Å². The number of thiophene rings is 1. The predicted molar refractivity (Wildman–Crippen MR) is 62.3 cm³/mol. The van der Waals surface area contributed by atoms with Gasteiger partial charge in [0.1, 0.15) is 10.5 Å². The van der Waals surface area contributed by atoms with Gasteiger partial charge >= 0.3 is 6.18 Å². The van der Waals surface area contributed by atoms with E-state index < -0.39 is 11.1 Å². The van der Waals surface area contributed by atoms with Gasteiger partial charge in [0.25, 0.3) is 0 Å². The molecule has 0 aliphatic rings. The van der Waals surface area contributed by atoms with Crippen LogP contribution in [0.1, 0.15) is 4.88 Å². The van der Waals surface area contributed by atoms with E-state index in [-0.39, 0.29) is 5.56 Å². The van der Waals surface area contributed by atoms with Crippen molar-refractivity contribution in [3.8, 4) is 11.1 Å². The molecular formula is C10H5F3N2S2. The maximum absolute atomic E-state index is 12.8. The van der Waals surface area contributed by atoms with Crippen LogP contribution in [-0.2, 0) is 6.18 Å². The number of nitrogens with one attached hydrogen (secondary N) is 1. The second-order valence-electron chi connectivity index (χ2n) is 3.39. The second-order valence-corrected chi connectivity index (χ2v) is 5.16. The highest BCUT2D eigenvalue weighted by Gasteiger charge is 2.35. The summed E-state index contributed by atoms with van der Waals surface area (Å²) < 4.78 is 39.1. The smallest absolute Gasteiger partial charge is 0.345 e. The van der Waals surface area contributed by atoms with Crippen molar-refractivity contribution in [2.45, 2.75) is 6.18 Å². The van der Waals surface area contributed by atoms with Crippen LogP contribution in [0.2, 0.25) is 0 Å². The summed E-state index contributed by atoms with van der Waals surface area (Å²) in [5.41, 5.74) is 3.03. The lowest BCUT2D eigenvalue weighted by atomic mass is 10.1. The van der Waals surface area contributed by atoms with Crippen LogP contribution < -0.4 is 0 Å². The molecule has 7 heteroatoms. The molecule has 0 saturated carbocycles. The number of aromatic amines is 1. The fourth-order valence-corrected chi connectivity index (χ4v) is 3.25. The van der Waals surface area contributed by atoms with Crippen LogP contribution in [0.4, 0.5) is 13.2 Å². The highest BCUT2D eigenvalue weighted by atomic mass is 32.1. The number of thiazole rings is 1. The average Bonchev–Trinajstić information content (AvgIpc) is 2.90. The van der Waals surface area contributed by atoms with E-state index in [1.54, 1.807) is 11.7 Å².